The molecule has 114 valence electrons. The van der Waals surface area contributed by atoms with E-state index < -0.39 is 0 Å². The maximum Gasteiger partial charge on any atom is 0.318 e. The zero-order valence-corrected chi connectivity index (χ0v) is 12.7. The van der Waals surface area contributed by atoms with Crippen LogP contribution in [0.25, 0.3) is 0 Å². The van der Waals surface area contributed by atoms with Crippen molar-refractivity contribution < 1.29 is 9.53 Å². The number of rotatable bonds is 3. The van der Waals surface area contributed by atoms with Crippen molar-refractivity contribution in [2.24, 2.45) is 0 Å². The molecule has 2 amide bonds. The number of urea groups is 1. The number of benzene rings is 1. The van der Waals surface area contributed by atoms with Crippen LogP contribution in [0, 0.1) is 0 Å². The third-order valence-corrected chi connectivity index (χ3v) is 4.70. The van der Waals surface area contributed by atoms with E-state index in [0.29, 0.717) is 6.04 Å². The summed E-state index contributed by atoms with van der Waals surface area (Å²) in [5.74, 6) is 0.860. The lowest BCUT2D eigenvalue weighted by atomic mass is 10.0. The van der Waals surface area contributed by atoms with Crippen LogP contribution in [0.5, 0.6) is 5.75 Å². The van der Waals surface area contributed by atoms with E-state index in [9.17, 15) is 4.79 Å². The molecule has 1 aromatic rings. The minimum Gasteiger partial charge on any atom is -0.497 e. The van der Waals surface area contributed by atoms with E-state index in [4.69, 9.17) is 4.74 Å². The van der Waals surface area contributed by atoms with Crippen LogP contribution in [0.4, 0.5) is 4.79 Å². The second kappa shape index (κ2) is 6.37. The van der Waals surface area contributed by atoms with Crippen molar-refractivity contribution in [2.45, 2.75) is 50.6 Å². The highest BCUT2D eigenvalue weighted by atomic mass is 16.5. The Morgan fingerprint density at radius 1 is 1.14 bits per heavy atom. The fraction of sp³-hybridized carbons (Fsp3) is 0.588. The number of hydrogen-bond acceptors (Lipinski definition) is 2. The molecule has 1 saturated heterocycles. The smallest absolute Gasteiger partial charge is 0.318 e. The average Bonchev–Trinajstić information content (AvgIpc) is 3.18. The number of amides is 2. The van der Waals surface area contributed by atoms with Gasteiger partial charge in [-0.25, -0.2) is 4.79 Å². The summed E-state index contributed by atoms with van der Waals surface area (Å²) in [6.45, 7) is 0.856. The zero-order chi connectivity index (χ0) is 14.7. The van der Waals surface area contributed by atoms with Gasteiger partial charge in [0.25, 0.3) is 0 Å². The monoisotopic (exact) mass is 288 g/mol. The summed E-state index contributed by atoms with van der Waals surface area (Å²) in [5.41, 5.74) is 1.20. The van der Waals surface area contributed by atoms with Crippen molar-refractivity contribution in [1.82, 2.24) is 10.2 Å². The van der Waals surface area contributed by atoms with E-state index in [-0.39, 0.29) is 12.1 Å². The lowest BCUT2D eigenvalue weighted by Gasteiger charge is -2.27. The van der Waals surface area contributed by atoms with Gasteiger partial charge in [0.1, 0.15) is 5.75 Å². The molecular formula is C17H24N2O2. The first-order chi connectivity index (χ1) is 10.3. The quantitative estimate of drug-likeness (QED) is 0.925. The second-order valence-corrected chi connectivity index (χ2v) is 6.06. The lowest BCUT2D eigenvalue weighted by molar-refractivity contribution is 0.189. The highest BCUT2D eigenvalue weighted by molar-refractivity contribution is 5.75. The standard InChI is InChI=1S/C17H24N2O2/c1-21-15-10-8-13(9-11-15)16-7-4-12-19(16)17(20)18-14-5-2-3-6-14/h8-11,14,16H,2-7,12H2,1H3,(H,18,20)/t16-/m1/s1. The largest absolute Gasteiger partial charge is 0.497 e. The Hall–Kier alpha value is -1.71. The molecule has 4 nitrogen and oxygen atoms in total. The molecule has 1 heterocycles. The van der Waals surface area contributed by atoms with Crippen LogP contribution in [-0.4, -0.2) is 30.6 Å². The molecule has 1 atom stereocenters. The number of methoxy groups -OCH3 is 1. The summed E-state index contributed by atoms with van der Waals surface area (Å²) in [5, 5.41) is 3.21. The highest BCUT2D eigenvalue weighted by Gasteiger charge is 2.31. The van der Waals surface area contributed by atoms with Gasteiger partial charge in [-0.3, -0.25) is 0 Å². The maximum absolute atomic E-state index is 12.5. The van der Waals surface area contributed by atoms with Gasteiger partial charge in [-0.2, -0.15) is 0 Å². The molecule has 0 unspecified atom stereocenters. The van der Waals surface area contributed by atoms with Crippen molar-refractivity contribution in [1.29, 1.82) is 0 Å². The number of carbonyl (C=O) groups excluding carboxylic acids is 1. The molecule has 0 spiro atoms. The van der Waals surface area contributed by atoms with E-state index in [0.717, 1.165) is 38.0 Å². The number of ether oxygens (including phenoxy) is 1. The SMILES string of the molecule is COc1ccc([C@H]2CCCN2C(=O)NC2CCCC2)cc1. The molecule has 1 aromatic carbocycles. The first-order valence-corrected chi connectivity index (χ1v) is 7.99. The molecule has 0 radical (unpaired) electrons. The van der Waals surface area contributed by atoms with Crippen molar-refractivity contribution in [3.05, 3.63) is 29.8 Å². The number of hydrogen-bond donors (Lipinski definition) is 1. The van der Waals surface area contributed by atoms with Crippen LogP contribution in [0.3, 0.4) is 0 Å². The summed E-state index contributed by atoms with van der Waals surface area (Å²) >= 11 is 0. The first-order valence-electron chi connectivity index (χ1n) is 7.99. The van der Waals surface area contributed by atoms with Crippen LogP contribution in [-0.2, 0) is 0 Å². The Balaban J connectivity index is 1.67. The van der Waals surface area contributed by atoms with E-state index in [2.05, 4.69) is 17.4 Å². The normalized spacial score (nSPS) is 22.5. The minimum atomic E-state index is 0.111. The summed E-state index contributed by atoms with van der Waals surface area (Å²) in [7, 11) is 1.67. The molecule has 1 aliphatic heterocycles. The first kappa shape index (κ1) is 14.2. The third-order valence-electron chi connectivity index (χ3n) is 4.70. The summed E-state index contributed by atoms with van der Waals surface area (Å²) in [6, 6.07) is 8.80. The molecule has 21 heavy (non-hydrogen) atoms. The summed E-state index contributed by atoms with van der Waals surface area (Å²) in [6.07, 6.45) is 6.87. The number of likely N-dealkylation sites (tertiary alicyclic amines) is 1. The number of nitrogens with one attached hydrogen (secondary N) is 1. The molecule has 0 aromatic heterocycles. The molecule has 2 fully saturated rings. The lowest BCUT2D eigenvalue weighted by Crippen LogP contribution is -2.43. The van der Waals surface area contributed by atoms with Gasteiger partial charge >= 0.3 is 6.03 Å². The predicted molar refractivity (Wildman–Crippen MR) is 82.5 cm³/mol. The van der Waals surface area contributed by atoms with E-state index in [1.807, 2.05) is 17.0 Å². The maximum atomic E-state index is 12.5. The fourth-order valence-electron chi connectivity index (χ4n) is 3.51. The molecule has 2 aliphatic rings. The third kappa shape index (κ3) is 3.14. The number of nitrogens with zero attached hydrogens (tertiary/aromatic N) is 1. The second-order valence-electron chi connectivity index (χ2n) is 6.06. The van der Waals surface area contributed by atoms with Crippen LogP contribution in [0.1, 0.15) is 50.1 Å². The van der Waals surface area contributed by atoms with Crippen molar-refractivity contribution in [3.8, 4) is 5.75 Å². The van der Waals surface area contributed by atoms with Crippen LogP contribution in [0.2, 0.25) is 0 Å². The minimum absolute atomic E-state index is 0.111. The Morgan fingerprint density at radius 2 is 1.86 bits per heavy atom. The molecule has 1 N–H and O–H groups in total. The molecule has 4 heteroatoms. The van der Waals surface area contributed by atoms with Gasteiger partial charge in [0, 0.05) is 12.6 Å². The van der Waals surface area contributed by atoms with Crippen LogP contribution < -0.4 is 10.1 Å². The predicted octanol–water partition coefficient (Wildman–Crippen LogP) is 3.48. The Morgan fingerprint density at radius 3 is 2.52 bits per heavy atom. The van der Waals surface area contributed by atoms with E-state index in [1.54, 1.807) is 7.11 Å². The van der Waals surface area contributed by atoms with Crippen molar-refractivity contribution >= 4 is 6.03 Å². The molecule has 0 bridgehead atoms. The van der Waals surface area contributed by atoms with Crippen molar-refractivity contribution in [2.75, 3.05) is 13.7 Å². The summed E-state index contributed by atoms with van der Waals surface area (Å²) < 4.78 is 5.20. The van der Waals surface area contributed by atoms with Crippen molar-refractivity contribution in [3.63, 3.8) is 0 Å². The Labute approximate surface area is 126 Å². The molecule has 3 rings (SSSR count). The topological polar surface area (TPSA) is 41.6 Å². The van der Waals surface area contributed by atoms with E-state index >= 15 is 0 Å². The Bertz CT molecular complexity index is 480. The van der Waals surface area contributed by atoms with Crippen LogP contribution >= 0.6 is 0 Å². The molecular weight excluding hydrogens is 264 g/mol. The van der Waals surface area contributed by atoms with Gasteiger partial charge in [-0.15, -0.1) is 0 Å². The zero-order valence-electron chi connectivity index (χ0n) is 12.7. The number of carbonyl (C=O) groups is 1. The Kier molecular flexibility index (Phi) is 4.32. The average molecular weight is 288 g/mol. The van der Waals surface area contributed by atoms with Gasteiger partial charge in [0.2, 0.25) is 0 Å². The fourth-order valence-corrected chi connectivity index (χ4v) is 3.51. The summed E-state index contributed by atoms with van der Waals surface area (Å²) in [4.78, 5) is 14.5. The molecule has 1 saturated carbocycles. The van der Waals surface area contributed by atoms with Gasteiger partial charge in [-0.05, 0) is 43.4 Å². The highest BCUT2D eigenvalue weighted by Crippen LogP contribution is 2.33. The van der Waals surface area contributed by atoms with Gasteiger partial charge in [-0.1, -0.05) is 25.0 Å². The molecule has 1 aliphatic carbocycles. The van der Waals surface area contributed by atoms with Crippen LogP contribution in [0.15, 0.2) is 24.3 Å². The van der Waals surface area contributed by atoms with Gasteiger partial charge in [0.05, 0.1) is 13.2 Å². The van der Waals surface area contributed by atoms with E-state index in [1.165, 1.54) is 18.4 Å². The van der Waals surface area contributed by atoms with Gasteiger partial charge < -0.3 is 15.0 Å². The van der Waals surface area contributed by atoms with Gasteiger partial charge in [0.15, 0.2) is 0 Å².